The minimum absolute atomic E-state index is 0.0567. The maximum atomic E-state index is 13.3. The number of hydrogen-bond acceptors (Lipinski definition) is 6. The lowest BCUT2D eigenvalue weighted by Gasteiger charge is -2.32. The van der Waals surface area contributed by atoms with Gasteiger partial charge in [0.2, 0.25) is 5.91 Å². The van der Waals surface area contributed by atoms with E-state index >= 15 is 0 Å². The number of hydrogen-bond donors (Lipinski definition) is 3. The van der Waals surface area contributed by atoms with E-state index in [2.05, 4.69) is 11.9 Å². The average Bonchev–Trinajstić information content (AvgIpc) is 3.02. The third-order valence-corrected chi connectivity index (χ3v) is 4.61. The van der Waals surface area contributed by atoms with Crippen LogP contribution >= 0.6 is 0 Å². The van der Waals surface area contributed by atoms with Gasteiger partial charge in [-0.1, -0.05) is 19.4 Å². The molecule has 1 aliphatic heterocycles. The van der Waals surface area contributed by atoms with Crippen LogP contribution in [-0.2, 0) is 19.1 Å². The number of carboxylic acid groups (broad SMARTS) is 1. The zero-order valence-corrected chi connectivity index (χ0v) is 18.4. The van der Waals surface area contributed by atoms with E-state index < -0.39 is 47.9 Å². The highest BCUT2D eigenvalue weighted by Gasteiger charge is 2.44. The van der Waals surface area contributed by atoms with Crippen molar-refractivity contribution in [3.8, 4) is 0 Å². The van der Waals surface area contributed by atoms with Gasteiger partial charge in [0.15, 0.2) is 0 Å². The number of aliphatic hydroxyl groups is 1. The van der Waals surface area contributed by atoms with E-state index in [0.717, 1.165) is 11.3 Å². The molecule has 0 aromatic heterocycles. The number of allylic oxidation sites excluding steroid dienone is 1. The third-order valence-electron chi connectivity index (χ3n) is 4.61. The van der Waals surface area contributed by atoms with Crippen molar-refractivity contribution in [1.29, 1.82) is 0 Å². The minimum atomic E-state index is -1.20. The predicted octanol–water partition coefficient (Wildman–Crippen LogP) is 2.08. The largest absolute Gasteiger partial charge is 0.480 e. The second-order valence-electron chi connectivity index (χ2n) is 8.49. The molecule has 0 aliphatic carbocycles. The maximum absolute atomic E-state index is 13.3. The highest BCUT2D eigenvalue weighted by atomic mass is 16.6. The van der Waals surface area contributed by atoms with Crippen molar-refractivity contribution in [2.75, 3.05) is 13.2 Å². The number of carboxylic acids is 1. The Labute approximate surface area is 178 Å². The van der Waals surface area contributed by atoms with Crippen molar-refractivity contribution in [2.24, 2.45) is 0 Å². The number of rotatable bonds is 11. The number of β-amino-alcohol motifs (C(OH)–C–C–N with tert-alkyl or cyclic N) is 1. The van der Waals surface area contributed by atoms with Crippen molar-refractivity contribution in [3.63, 3.8) is 0 Å². The molecule has 30 heavy (non-hydrogen) atoms. The number of likely N-dealkylation sites (tertiary alicyclic amines) is 1. The number of nitrogens with one attached hydrogen (secondary N) is 1. The molecule has 2 amide bonds. The maximum Gasteiger partial charge on any atom is 0.408 e. The molecule has 0 aromatic carbocycles. The van der Waals surface area contributed by atoms with Crippen LogP contribution < -0.4 is 5.32 Å². The molecule has 0 bridgehead atoms. The zero-order valence-electron chi connectivity index (χ0n) is 18.4. The lowest BCUT2D eigenvalue weighted by molar-refractivity contribution is -0.150. The number of nitrogens with zero attached hydrogens (tertiary/aromatic N) is 1. The van der Waals surface area contributed by atoms with Crippen molar-refractivity contribution >= 4 is 18.0 Å². The summed E-state index contributed by atoms with van der Waals surface area (Å²) >= 11 is 0. The van der Waals surface area contributed by atoms with E-state index in [-0.39, 0.29) is 13.0 Å². The summed E-state index contributed by atoms with van der Waals surface area (Å²) < 4.78 is 11.2. The molecule has 1 fully saturated rings. The van der Waals surface area contributed by atoms with Crippen LogP contribution in [0.15, 0.2) is 12.7 Å². The van der Waals surface area contributed by atoms with E-state index in [1.165, 1.54) is 0 Å². The topological polar surface area (TPSA) is 125 Å². The Morgan fingerprint density at radius 2 is 2.00 bits per heavy atom. The molecule has 0 radical (unpaired) electrons. The second kappa shape index (κ2) is 11.9. The molecular formula is C21H36N2O7. The Bertz CT molecular complexity index is 603. The SMILES string of the molecule is C=CCCCO[C@@H](CCC)[C@H](NC(=O)OC(C)(C)C)C(=O)N1CC(O)CC1C(=O)O. The van der Waals surface area contributed by atoms with Crippen LogP contribution in [0.2, 0.25) is 0 Å². The Hall–Kier alpha value is -2.13. The third kappa shape index (κ3) is 8.31. The molecule has 1 aliphatic rings. The summed E-state index contributed by atoms with van der Waals surface area (Å²) in [7, 11) is 0. The number of carbonyl (C=O) groups is 3. The fourth-order valence-electron chi connectivity index (χ4n) is 3.31. The lowest BCUT2D eigenvalue weighted by atomic mass is 10.0. The number of carbonyl (C=O) groups excluding carboxylic acids is 2. The summed E-state index contributed by atoms with van der Waals surface area (Å²) in [6.45, 7) is 11.0. The highest BCUT2D eigenvalue weighted by molar-refractivity contribution is 5.90. The number of ether oxygens (including phenoxy) is 2. The molecular weight excluding hydrogens is 392 g/mol. The fraction of sp³-hybridized carbons (Fsp3) is 0.762. The average molecular weight is 429 g/mol. The van der Waals surface area contributed by atoms with E-state index in [4.69, 9.17) is 9.47 Å². The van der Waals surface area contributed by atoms with Gasteiger partial charge in [-0.15, -0.1) is 6.58 Å². The standard InChI is InChI=1S/C21H36N2O7/c1-6-8-9-11-29-16(10-7-2)17(22-20(28)30-21(3,4)5)18(25)23-13-14(24)12-15(23)19(26)27/h6,14-17,24H,1,7-13H2,2-5H3,(H,22,28)(H,26,27)/t14?,15?,16-,17-/m0/s1. The second-order valence-corrected chi connectivity index (χ2v) is 8.49. The van der Waals surface area contributed by atoms with Gasteiger partial charge in [-0.05, 0) is 40.0 Å². The summed E-state index contributed by atoms with van der Waals surface area (Å²) in [5.74, 6) is -1.80. The van der Waals surface area contributed by atoms with Crippen LogP contribution in [-0.4, -0.2) is 76.1 Å². The first kappa shape index (κ1) is 25.9. The summed E-state index contributed by atoms with van der Waals surface area (Å²) in [4.78, 5) is 38.4. The lowest BCUT2D eigenvalue weighted by Crippen LogP contribution is -2.57. The van der Waals surface area contributed by atoms with Gasteiger partial charge in [0, 0.05) is 19.6 Å². The van der Waals surface area contributed by atoms with Crippen LogP contribution in [0, 0.1) is 0 Å². The van der Waals surface area contributed by atoms with Crippen molar-refractivity contribution in [1.82, 2.24) is 10.2 Å². The first-order valence-electron chi connectivity index (χ1n) is 10.4. The van der Waals surface area contributed by atoms with Crippen LogP contribution in [0.1, 0.15) is 59.8 Å². The summed E-state index contributed by atoms with van der Waals surface area (Å²) in [5, 5.41) is 21.9. The number of aliphatic carboxylic acids is 1. The van der Waals surface area contributed by atoms with Crippen molar-refractivity contribution in [2.45, 2.75) is 89.7 Å². The van der Waals surface area contributed by atoms with E-state index in [1.807, 2.05) is 6.92 Å². The molecule has 0 spiro atoms. The molecule has 1 rings (SSSR count). The quantitative estimate of drug-likeness (QED) is 0.340. The molecule has 9 heteroatoms. The summed E-state index contributed by atoms with van der Waals surface area (Å²) in [6.07, 6.45) is 1.95. The number of aliphatic hydroxyl groups excluding tert-OH is 1. The highest BCUT2D eigenvalue weighted by Crippen LogP contribution is 2.22. The van der Waals surface area contributed by atoms with E-state index in [0.29, 0.717) is 25.9 Å². The van der Waals surface area contributed by atoms with Crippen LogP contribution in [0.3, 0.4) is 0 Å². The first-order valence-corrected chi connectivity index (χ1v) is 10.4. The fourth-order valence-corrected chi connectivity index (χ4v) is 3.31. The minimum Gasteiger partial charge on any atom is -0.480 e. The first-order chi connectivity index (χ1) is 14.0. The van der Waals surface area contributed by atoms with Crippen molar-refractivity contribution < 1.29 is 34.1 Å². The molecule has 0 aromatic rings. The number of unbranched alkanes of at least 4 members (excludes halogenated alkanes) is 1. The monoisotopic (exact) mass is 428 g/mol. The Morgan fingerprint density at radius 3 is 2.53 bits per heavy atom. The smallest absolute Gasteiger partial charge is 0.408 e. The zero-order chi connectivity index (χ0) is 22.9. The van der Waals surface area contributed by atoms with Gasteiger partial charge in [-0.2, -0.15) is 0 Å². The molecule has 4 atom stereocenters. The Balaban J connectivity index is 3.09. The van der Waals surface area contributed by atoms with Gasteiger partial charge in [-0.3, -0.25) is 4.79 Å². The van der Waals surface area contributed by atoms with Gasteiger partial charge in [0.1, 0.15) is 17.7 Å². The normalized spacial score (nSPS) is 21.0. The van der Waals surface area contributed by atoms with Gasteiger partial charge >= 0.3 is 12.1 Å². The predicted molar refractivity (Wildman–Crippen MR) is 111 cm³/mol. The molecule has 172 valence electrons. The summed E-state index contributed by atoms with van der Waals surface area (Å²) in [5.41, 5.74) is -0.768. The Morgan fingerprint density at radius 1 is 1.33 bits per heavy atom. The summed E-state index contributed by atoms with van der Waals surface area (Å²) in [6, 6.07) is -2.28. The van der Waals surface area contributed by atoms with Gasteiger partial charge in [-0.25, -0.2) is 9.59 Å². The number of amides is 2. The molecule has 3 N–H and O–H groups in total. The van der Waals surface area contributed by atoms with Crippen LogP contribution in [0.4, 0.5) is 4.79 Å². The number of alkyl carbamates (subject to hydrolysis) is 1. The molecule has 9 nitrogen and oxygen atoms in total. The van der Waals surface area contributed by atoms with E-state index in [1.54, 1.807) is 26.8 Å². The molecule has 1 saturated heterocycles. The van der Waals surface area contributed by atoms with Gasteiger partial charge < -0.3 is 29.9 Å². The van der Waals surface area contributed by atoms with Crippen LogP contribution in [0.5, 0.6) is 0 Å². The van der Waals surface area contributed by atoms with Gasteiger partial charge in [0.25, 0.3) is 0 Å². The Kier molecular flexibility index (Phi) is 10.3. The van der Waals surface area contributed by atoms with Crippen LogP contribution in [0.25, 0.3) is 0 Å². The molecule has 1 heterocycles. The van der Waals surface area contributed by atoms with Gasteiger partial charge in [0.05, 0.1) is 12.2 Å². The van der Waals surface area contributed by atoms with E-state index in [9.17, 15) is 24.6 Å². The van der Waals surface area contributed by atoms with Crippen molar-refractivity contribution in [3.05, 3.63) is 12.7 Å². The molecule has 0 saturated carbocycles. The molecule has 2 unspecified atom stereocenters.